The Morgan fingerprint density at radius 3 is 2.43 bits per heavy atom. The van der Waals surface area contributed by atoms with Gasteiger partial charge in [-0.25, -0.2) is 9.48 Å². The van der Waals surface area contributed by atoms with Gasteiger partial charge in [-0.05, 0) is 36.8 Å². The summed E-state index contributed by atoms with van der Waals surface area (Å²) in [6, 6.07) is 15.0. The summed E-state index contributed by atoms with van der Waals surface area (Å²) in [6.45, 7) is 1.89. The van der Waals surface area contributed by atoms with E-state index in [0.29, 0.717) is 22.0 Å². The number of aromatic nitrogens is 2. The first-order valence-electron chi connectivity index (χ1n) is 8.30. The number of hydrogen-bond acceptors (Lipinski definition) is 4. The number of nitrogens with zero attached hydrogens (tertiary/aromatic N) is 2. The molecular weight excluding hydrogens is 399 g/mol. The monoisotopic (exact) mass is 418 g/mol. The van der Waals surface area contributed by atoms with Gasteiger partial charge in [0.1, 0.15) is 16.5 Å². The van der Waals surface area contributed by atoms with Gasteiger partial charge in [0.05, 0.1) is 25.6 Å². The zero-order valence-electron chi connectivity index (χ0n) is 15.7. The second kappa shape index (κ2) is 9.44. The molecule has 0 saturated carbocycles. The second-order valence-corrected chi connectivity index (χ2v) is 6.14. The molecule has 3 aromatic rings. The van der Waals surface area contributed by atoms with E-state index >= 15 is 0 Å². The summed E-state index contributed by atoms with van der Waals surface area (Å²) in [5.41, 5.74) is 3.47. The maximum absolute atomic E-state index is 12.2. The highest BCUT2D eigenvalue weighted by Gasteiger charge is 2.17. The van der Waals surface area contributed by atoms with E-state index in [2.05, 4.69) is 5.10 Å². The fraction of sp³-hybridized carbons (Fsp3) is 0.143. The Morgan fingerprint density at radius 2 is 1.79 bits per heavy atom. The Bertz CT molecular complexity index is 998. The fourth-order valence-electron chi connectivity index (χ4n) is 2.79. The van der Waals surface area contributed by atoms with E-state index in [1.165, 1.54) is 14.2 Å². The van der Waals surface area contributed by atoms with Gasteiger partial charge in [-0.3, -0.25) is 0 Å². The Morgan fingerprint density at radius 1 is 1.07 bits per heavy atom. The minimum absolute atomic E-state index is 0. The number of carbonyl (C=O) groups excluding carboxylic acids is 1. The topological polar surface area (TPSA) is 53.3 Å². The van der Waals surface area contributed by atoms with Gasteiger partial charge >= 0.3 is 5.97 Å². The maximum Gasteiger partial charge on any atom is 0.342 e. The van der Waals surface area contributed by atoms with Crippen molar-refractivity contribution in [1.29, 1.82) is 0 Å². The molecule has 1 heterocycles. The zero-order chi connectivity index (χ0) is 19.4. The van der Waals surface area contributed by atoms with Gasteiger partial charge in [0.2, 0.25) is 0 Å². The van der Waals surface area contributed by atoms with Gasteiger partial charge in [-0.15, -0.1) is 12.4 Å². The molecule has 0 bridgehead atoms. The average Bonchev–Trinajstić information content (AvgIpc) is 2.99. The molecule has 2 aromatic carbocycles. The quantitative estimate of drug-likeness (QED) is 0.532. The number of halogens is 2. The lowest BCUT2D eigenvalue weighted by Crippen LogP contribution is -2.06. The summed E-state index contributed by atoms with van der Waals surface area (Å²) in [6.07, 6.45) is 3.64. The zero-order valence-corrected chi connectivity index (χ0v) is 17.3. The molecule has 0 aliphatic carbocycles. The first kappa shape index (κ1) is 21.5. The van der Waals surface area contributed by atoms with Crippen LogP contribution >= 0.6 is 24.0 Å². The largest absolute Gasteiger partial charge is 0.496 e. The summed E-state index contributed by atoms with van der Waals surface area (Å²) in [5.74, 6) is -0.0123. The molecule has 1 aromatic heterocycles. The SMILES string of the molecule is COC(=O)c1c(/C=C/c2c(C)nn(-c3ccccc3)c2Cl)cccc1OC.Cl. The molecular formula is C21H20Cl2N2O3. The molecule has 5 nitrogen and oxygen atoms in total. The van der Waals surface area contributed by atoms with Crippen LogP contribution in [0.3, 0.4) is 0 Å². The van der Waals surface area contributed by atoms with Crippen molar-refractivity contribution in [2.45, 2.75) is 6.92 Å². The molecule has 3 rings (SSSR count). The van der Waals surface area contributed by atoms with Crippen molar-refractivity contribution >= 4 is 42.1 Å². The van der Waals surface area contributed by atoms with Crippen LogP contribution in [0.1, 0.15) is 27.2 Å². The standard InChI is InChI=1S/C21H19ClN2O3.ClH/c1-14-17(20(22)24(23-14)16-9-5-4-6-10-16)13-12-15-8-7-11-18(26-2)19(15)21(25)27-3;/h4-13H,1-3H3;1H/b13-12+;. The van der Waals surface area contributed by atoms with Crippen molar-refractivity contribution in [3.63, 3.8) is 0 Å². The predicted molar refractivity (Wildman–Crippen MR) is 114 cm³/mol. The lowest BCUT2D eigenvalue weighted by molar-refractivity contribution is 0.0597. The van der Waals surface area contributed by atoms with Crippen LogP contribution in [-0.4, -0.2) is 30.0 Å². The van der Waals surface area contributed by atoms with Crippen molar-refractivity contribution in [3.05, 3.63) is 76.1 Å². The van der Waals surface area contributed by atoms with Gasteiger partial charge < -0.3 is 9.47 Å². The smallest absolute Gasteiger partial charge is 0.342 e. The van der Waals surface area contributed by atoms with Gasteiger partial charge in [0.15, 0.2) is 0 Å². The Balaban J connectivity index is 0.00000280. The number of ether oxygens (including phenoxy) is 2. The van der Waals surface area contributed by atoms with E-state index in [4.69, 9.17) is 21.1 Å². The predicted octanol–water partition coefficient (Wildman–Crippen LogP) is 5.22. The molecule has 28 heavy (non-hydrogen) atoms. The average molecular weight is 419 g/mol. The van der Waals surface area contributed by atoms with Crippen LogP contribution in [0.25, 0.3) is 17.8 Å². The first-order valence-corrected chi connectivity index (χ1v) is 8.68. The third-order valence-corrected chi connectivity index (χ3v) is 4.51. The van der Waals surface area contributed by atoms with E-state index in [0.717, 1.165) is 16.9 Å². The van der Waals surface area contributed by atoms with Crippen molar-refractivity contribution < 1.29 is 14.3 Å². The van der Waals surface area contributed by atoms with Crippen molar-refractivity contribution in [2.24, 2.45) is 0 Å². The Labute approximate surface area is 174 Å². The van der Waals surface area contributed by atoms with Crippen LogP contribution in [0.2, 0.25) is 5.15 Å². The number of rotatable bonds is 5. The molecule has 0 fully saturated rings. The van der Waals surface area contributed by atoms with Gasteiger partial charge in [-0.2, -0.15) is 5.10 Å². The molecule has 0 aliphatic heterocycles. The van der Waals surface area contributed by atoms with E-state index < -0.39 is 5.97 Å². The lowest BCUT2D eigenvalue weighted by atomic mass is 10.0. The number of esters is 1. The second-order valence-electron chi connectivity index (χ2n) is 5.79. The summed E-state index contributed by atoms with van der Waals surface area (Å²) < 4.78 is 11.9. The van der Waals surface area contributed by atoms with Gasteiger partial charge in [0.25, 0.3) is 0 Å². The third-order valence-electron chi connectivity index (χ3n) is 4.15. The number of hydrogen-bond donors (Lipinski definition) is 0. The van der Waals surface area contributed by atoms with Crippen molar-refractivity contribution in [1.82, 2.24) is 9.78 Å². The maximum atomic E-state index is 12.2. The summed E-state index contributed by atoms with van der Waals surface area (Å²) in [7, 11) is 2.85. The number of methoxy groups -OCH3 is 2. The van der Waals surface area contributed by atoms with Gasteiger partial charge in [-0.1, -0.05) is 48.0 Å². The van der Waals surface area contributed by atoms with Crippen LogP contribution in [-0.2, 0) is 4.74 Å². The fourth-order valence-corrected chi connectivity index (χ4v) is 3.13. The van der Waals surface area contributed by atoms with Crippen molar-refractivity contribution in [3.8, 4) is 11.4 Å². The minimum Gasteiger partial charge on any atom is -0.496 e. The van der Waals surface area contributed by atoms with Crippen LogP contribution in [0.4, 0.5) is 0 Å². The molecule has 0 N–H and O–H groups in total. The summed E-state index contributed by atoms with van der Waals surface area (Å²) in [5, 5.41) is 5.01. The van der Waals surface area contributed by atoms with E-state index in [1.807, 2.05) is 55.5 Å². The molecule has 7 heteroatoms. The molecule has 0 aliphatic rings. The minimum atomic E-state index is -0.463. The Hall–Kier alpha value is -2.76. The molecule has 0 radical (unpaired) electrons. The number of carbonyl (C=O) groups is 1. The molecule has 0 spiro atoms. The normalized spacial score (nSPS) is 10.6. The first-order chi connectivity index (χ1) is 13.1. The van der Waals surface area contributed by atoms with E-state index in [9.17, 15) is 4.79 Å². The molecule has 0 unspecified atom stereocenters. The van der Waals surface area contributed by atoms with Crippen LogP contribution in [0, 0.1) is 6.92 Å². The van der Waals surface area contributed by atoms with E-state index in [-0.39, 0.29) is 12.4 Å². The number of para-hydroxylation sites is 1. The highest BCUT2D eigenvalue weighted by atomic mass is 35.5. The van der Waals surface area contributed by atoms with Crippen LogP contribution in [0.5, 0.6) is 5.75 Å². The lowest BCUT2D eigenvalue weighted by Gasteiger charge is -2.09. The summed E-state index contributed by atoms with van der Waals surface area (Å²) >= 11 is 6.55. The number of aryl methyl sites for hydroxylation is 1. The third kappa shape index (κ3) is 4.21. The Kier molecular flexibility index (Phi) is 7.26. The molecule has 0 saturated heterocycles. The highest BCUT2D eigenvalue weighted by molar-refractivity contribution is 6.31. The van der Waals surface area contributed by atoms with E-state index in [1.54, 1.807) is 16.8 Å². The number of benzene rings is 2. The molecule has 0 atom stereocenters. The van der Waals surface area contributed by atoms with Crippen LogP contribution < -0.4 is 4.74 Å². The highest BCUT2D eigenvalue weighted by Crippen LogP contribution is 2.28. The summed E-state index contributed by atoms with van der Waals surface area (Å²) in [4.78, 5) is 12.2. The molecule has 0 amide bonds. The van der Waals surface area contributed by atoms with Crippen LogP contribution in [0.15, 0.2) is 48.5 Å². The van der Waals surface area contributed by atoms with Crippen molar-refractivity contribution in [2.75, 3.05) is 14.2 Å². The van der Waals surface area contributed by atoms with Gasteiger partial charge in [0, 0.05) is 5.56 Å². The molecule has 146 valence electrons.